The van der Waals surface area contributed by atoms with Crippen LogP contribution in [0.15, 0.2) is 42.5 Å². The van der Waals surface area contributed by atoms with Crippen LogP contribution in [0.3, 0.4) is 0 Å². The molecule has 0 unspecified atom stereocenters. The van der Waals surface area contributed by atoms with Gasteiger partial charge in [0.1, 0.15) is 5.82 Å². The highest BCUT2D eigenvalue weighted by atomic mass is 19.1. The number of halogens is 1. The summed E-state index contributed by atoms with van der Waals surface area (Å²) in [7, 11) is 0. The van der Waals surface area contributed by atoms with Crippen LogP contribution in [0.2, 0.25) is 0 Å². The predicted octanol–water partition coefficient (Wildman–Crippen LogP) is 4.62. The lowest BCUT2D eigenvalue weighted by atomic mass is 9.68. The summed E-state index contributed by atoms with van der Waals surface area (Å²) in [5.74, 6) is 1.28. The number of amides is 1. The molecule has 1 saturated heterocycles. The smallest absolute Gasteiger partial charge is 0.231 e. The quantitative estimate of drug-likeness (QED) is 0.739. The van der Waals surface area contributed by atoms with Gasteiger partial charge in [-0.05, 0) is 61.1 Å². The molecule has 0 bridgehead atoms. The van der Waals surface area contributed by atoms with Crippen LogP contribution >= 0.6 is 0 Å². The minimum atomic E-state index is -0.561. The van der Waals surface area contributed by atoms with Crippen molar-refractivity contribution in [3.63, 3.8) is 0 Å². The average Bonchev–Trinajstić information content (AvgIpc) is 3.32. The van der Waals surface area contributed by atoms with Gasteiger partial charge in [0.15, 0.2) is 11.5 Å². The zero-order valence-corrected chi connectivity index (χ0v) is 18.3. The van der Waals surface area contributed by atoms with E-state index in [0.29, 0.717) is 25.5 Å². The zero-order chi connectivity index (χ0) is 22.0. The number of hydrogen-bond acceptors (Lipinski definition) is 4. The Balaban J connectivity index is 1.41. The van der Waals surface area contributed by atoms with Crippen molar-refractivity contribution in [2.75, 3.05) is 26.6 Å². The topological polar surface area (TPSA) is 56.8 Å². The van der Waals surface area contributed by atoms with Gasteiger partial charge in [-0.15, -0.1) is 0 Å². The van der Waals surface area contributed by atoms with Gasteiger partial charge in [0.2, 0.25) is 12.7 Å². The minimum absolute atomic E-state index is 0.0732. The molecule has 5 nitrogen and oxygen atoms in total. The van der Waals surface area contributed by atoms with Gasteiger partial charge in [-0.25, -0.2) is 4.39 Å². The van der Waals surface area contributed by atoms with Crippen LogP contribution in [0.1, 0.15) is 56.1 Å². The van der Waals surface area contributed by atoms with Gasteiger partial charge in [0.25, 0.3) is 0 Å². The summed E-state index contributed by atoms with van der Waals surface area (Å²) in [6, 6.07) is 12.6. The molecular formula is C26H30FNO4. The van der Waals surface area contributed by atoms with E-state index in [4.69, 9.17) is 14.2 Å². The molecule has 6 heteroatoms. The lowest BCUT2D eigenvalue weighted by Crippen LogP contribution is -2.51. The Kier molecular flexibility index (Phi) is 5.80. The summed E-state index contributed by atoms with van der Waals surface area (Å²) in [4.78, 5) is 13.8. The van der Waals surface area contributed by atoms with E-state index >= 15 is 0 Å². The van der Waals surface area contributed by atoms with Gasteiger partial charge in [0, 0.05) is 25.2 Å². The molecule has 2 heterocycles. The summed E-state index contributed by atoms with van der Waals surface area (Å²) in [5.41, 5.74) is 1.26. The van der Waals surface area contributed by atoms with E-state index in [0.717, 1.165) is 61.8 Å². The fourth-order valence-corrected chi connectivity index (χ4v) is 5.55. The lowest BCUT2D eigenvalue weighted by molar-refractivity contribution is -0.128. The Morgan fingerprint density at radius 1 is 0.875 bits per heavy atom. The highest BCUT2D eigenvalue weighted by Gasteiger charge is 2.43. The second kappa shape index (κ2) is 8.74. The van der Waals surface area contributed by atoms with Crippen LogP contribution in [0, 0.1) is 5.82 Å². The van der Waals surface area contributed by atoms with Crippen molar-refractivity contribution in [3.8, 4) is 11.5 Å². The maximum atomic E-state index is 13.8. The van der Waals surface area contributed by atoms with Crippen molar-refractivity contribution < 1.29 is 23.4 Å². The van der Waals surface area contributed by atoms with E-state index in [2.05, 4.69) is 5.32 Å². The number of nitrogens with one attached hydrogen (secondary N) is 1. The number of rotatable bonds is 5. The van der Waals surface area contributed by atoms with E-state index in [1.165, 1.54) is 12.1 Å². The summed E-state index contributed by atoms with van der Waals surface area (Å²) < 4.78 is 30.2. The summed E-state index contributed by atoms with van der Waals surface area (Å²) in [6.45, 7) is 2.02. The molecule has 5 rings (SSSR count). The van der Waals surface area contributed by atoms with Crippen molar-refractivity contribution in [1.82, 2.24) is 5.32 Å². The van der Waals surface area contributed by atoms with Crippen LogP contribution in [0.5, 0.6) is 11.5 Å². The summed E-state index contributed by atoms with van der Waals surface area (Å²) >= 11 is 0. The minimum Gasteiger partial charge on any atom is -0.454 e. The Morgan fingerprint density at radius 2 is 1.56 bits per heavy atom. The number of carbonyl (C=O) groups is 1. The molecule has 1 N–H and O–H groups in total. The molecule has 2 aromatic carbocycles. The Bertz CT molecular complexity index is 962. The van der Waals surface area contributed by atoms with E-state index in [1.54, 1.807) is 0 Å². The molecule has 0 atom stereocenters. The first-order valence-corrected chi connectivity index (χ1v) is 11.6. The van der Waals surface area contributed by atoms with Crippen LogP contribution in [0.25, 0.3) is 0 Å². The third-order valence-electron chi connectivity index (χ3n) is 7.56. The first kappa shape index (κ1) is 21.3. The van der Waals surface area contributed by atoms with Gasteiger partial charge in [-0.1, -0.05) is 37.5 Å². The van der Waals surface area contributed by atoms with Crippen molar-refractivity contribution in [2.45, 2.75) is 55.8 Å². The van der Waals surface area contributed by atoms with Crippen LogP contribution < -0.4 is 14.8 Å². The van der Waals surface area contributed by atoms with Gasteiger partial charge in [0.05, 0.1) is 5.41 Å². The highest BCUT2D eigenvalue weighted by molar-refractivity contribution is 5.88. The molecule has 2 aliphatic heterocycles. The molecule has 0 radical (unpaired) electrons. The van der Waals surface area contributed by atoms with E-state index in [1.807, 2.05) is 30.3 Å². The highest BCUT2D eigenvalue weighted by Crippen LogP contribution is 2.44. The third-order valence-corrected chi connectivity index (χ3v) is 7.56. The van der Waals surface area contributed by atoms with Gasteiger partial charge < -0.3 is 19.5 Å². The molecule has 2 fully saturated rings. The fraction of sp³-hybridized carbons (Fsp3) is 0.500. The van der Waals surface area contributed by atoms with Crippen molar-refractivity contribution in [3.05, 3.63) is 59.4 Å². The normalized spacial score (nSPS) is 21.2. The van der Waals surface area contributed by atoms with Crippen LogP contribution in [-0.4, -0.2) is 32.5 Å². The number of carbonyl (C=O) groups excluding carboxylic acids is 1. The summed E-state index contributed by atoms with van der Waals surface area (Å²) in [5, 5.41) is 3.32. The van der Waals surface area contributed by atoms with E-state index < -0.39 is 5.41 Å². The molecule has 1 saturated carbocycles. The number of fused-ring (bicyclic) bond motifs is 1. The number of benzene rings is 2. The lowest BCUT2D eigenvalue weighted by Gasteiger charge is -2.41. The fourth-order valence-electron chi connectivity index (χ4n) is 5.55. The van der Waals surface area contributed by atoms with Gasteiger partial charge in [-0.2, -0.15) is 0 Å². The maximum absolute atomic E-state index is 13.8. The van der Waals surface area contributed by atoms with Crippen LogP contribution in [-0.2, 0) is 20.4 Å². The molecule has 2 aromatic rings. The molecule has 1 aliphatic carbocycles. The molecule has 1 amide bonds. The summed E-state index contributed by atoms with van der Waals surface area (Å²) in [6.07, 6.45) is 6.45. The second-order valence-electron chi connectivity index (χ2n) is 9.29. The maximum Gasteiger partial charge on any atom is 0.231 e. The van der Waals surface area contributed by atoms with Crippen molar-refractivity contribution >= 4 is 5.91 Å². The van der Waals surface area contributed by atoms with E-state index in [9.17, 15) is 9.18 Å². The number of hydrogen-bond donors (Lipinski definition) is 1. The molecule has 170 valence electrons. The Hall–Kier alpha value is -2.60. The second-order valence-corrected chi connectivity index (χ2v) is 9.29. The number of ether oxygens (including phenoxy) is 3. The molecule has 3 aliphatic rings. The standard InChI is InChI=1S/C26H30FNO4/c27-21-7-4-19(5-8-21)25(12-14-30-15-13-25)17-28-24(29)26(10-2-1-3-11-26)20-6-9-22-23(16-20)32-18-31-22/h4-9,16H,1-3,10-15,17-18H2,(H,28,29). The first-order chi connectivity index (χ1) is 15.6. The Morgan fingerprint density at radius 3 is 2.31 bits per heavy atom. The predicted molar refractivity (Wildman–Crippen MR) is 118 cm³/mol. The molecule has 0 aromatic heterocycles. The largest absolute Gasteiger partial charge is 0.454 e. The molecular weight excluding hydrogens is 409 g/mol. The zero-order valence-electron chi connectivity index (χ0n) is 18.3. The van der Waals surface area contributed by atoms with Crippen molar-refractivity contribution in [1.29, 1.82) is 0 Å². The first-order valence-electron chi connectivity index (χ1n) is 11.6. The van der Waals surface area contributed by atoms with Gasteiger partial charge >= 0.3 is 0 Å². The van der Waals surface area contributed by atoms with E-state index in [-0.39, 0.29) is 23.9 Å². The third kappa shape index (κ3) is 3.85. The average molecular weight is 440 g/mol. The monoisotopic (exact) mass is 439 g/mol. The van der Waals surface area contributed by atoms with Crippen molar-refractivity contribution in [2.24, 2.45) is 0 Å². The van der Waals surface area contributed by atoms with Gasteiger partial charge in [-0.3, -0.25) is 4.79 Å². The van der Waals surface area contributed by atoms with Crippen LogP contribution in [0.4, 0.5) is 4.39 Å². The molecule has 0 spiro atoms. The molecule has 32 heavy (non-hydrogen) atoms. The SMILES string of the molecule is O=C(NCC1(c2ccc(F)cc2)CCOCC1)C1(c2ccc3c(c2)OCO3)CCCCC1. The Labute approximate surface area is 188 Å².